The molecular weight excluding hydrogens is 360 g/mol. The molecule has 6 heteroatoms. The topological polar surface area (TPSA) is 66.5 Å². The molecule has 0 radical (unpaired) electrons. The Morgan fingerprint density at radius 3 is 2.33 bits per heavy atom. The van der Waals surface area contributed by atoms with Gasteiger partial charge in [0.2, 0.25) is 15.9 Å². The first-order valence-electron chi connectivity index (χ1n) is 9.34. The number of carbonyl (C=O) groups is 1. The molecule has 1 amide bonds. The number of anilines is 1. The Kier molecular flexibility index (Phi) is 5.97. The number of hydrogen-bond donors (Lipinski definition) is 1. The van der Waals surface area contributed by atoms with Crippen molar-refractivity contribution in [1.29, 1.82) is 0 Å². The highest BCUT2D eigenvalue weighted by Crippen LogP contribution is 2.25. The van der Waals surface area contributed by atoms with E-state index < -0.39 is 10.0 Å². The normalized spacial score (nSPS) is 16.4. The van der Waals surface area contributed by atoms with Crippen molar-refractivity contribution in [1.82, 2.24) is 4.31 Å². The third-order valence-corrected chi connectivity index (χ3v) is 6.94. The van der Waals surface area contributed by atoms with Gasteiger partial charge in [-0.05, 0) is 48.6 Å². The lowest BCUT2D eigenvalue weighted by Crippen LogP contribution is -2.41. The second-order valence-corrected chi connectivity index (χ2v) is 9.20. The van der Waals surface area contributed by atoms with Crippen LogP contribution in [0.3, 0.4) is 0 Å². The number of benzene rings is 2. The summed E-state index contributed by atoms with van der Waals surface area (Å²) >= 11 is 0. The van der Waals surface area contributed by atoms with Gasteiger partial charge in [0.15, 0.2) is 0 Å². The summed E-state index contributed by atoms with van der Waals surface area (Å²) < 4.78 is 26.8. The van der Waals surface area contributed by atoms with Crippen LogP contribution in [0.1, 0.15) is 38.2 Å². The molecule has 0 atom stereocenters. The first-order valence-corrected chi connectivity index (χ1v) is 10.8. The summed E-state index contributed by atoms with van der Waals surface area (Å²) in [6, 6.07) is 16.3. The number of carbonyl (C=O) groups excluding carboxylic acids is 1. The van der Waals surface area contributed by atoms with Crippen molar-refractivity contribution in [3.05, 3.63) is 60.2 Å². The molecule has 1 aliphatic heterocycles. The molecule has 2 aromatic rings. The van der Waals surface area contributed by atoms with Crippen molar-refractivity contribution < 1.29 is 13.2 Å². The molecule has 1 fully saturated rings. The fourth-order valence-corrected chi connectivity index (χ4v) is 4.81. The molecule has 27 heavy (non-hydrogen) atoms. The zero-order valence-corrected chi connectivity index (χ0v) is 16.6. The van der Waals surface area contributed by atoms with Gasteiger partial charge in [-0.3, -0.25) is 4.79 Å². The van der Waals surface area contributed by atoms with Crippen LogP contribution in [-0.2, 0) is 14.8 Å². The molecule has 0 bridgehead atoms. The largest absolute Gasteiger partial charge is 0.326 e. The van der Waals surface area contributed by atoms with Crippen molar-refractivity contribution in [2.75, 3.05) is 18.4 Å². The maximum absolute atomic E-state index is 12.7. The number of sulfonamides is 1. The molecule has 5 nitrogen and oxygen atoms in total. The Bertz CT molecular complexity index is 887. The van der Waals surface area contributed by atoms with E-state index in [1.807, 2.05) is 24.3 Å². The van der Waals surface area contributed by atoms with Crippen molar-refractivity contribution in [2.24, 2.45) is 5.92 Å². The van der Waals surface area contributed by atoms with Crippen LogP contribution >= 0.6 is 0 Å². The Hall–Kier alpha value is -2.18. The highest BCUT2D eigenvalue weighted by atomic mass is 32.2. The van der Waals surface area contributed by atoms with Crippen molar-refractivity contribution in [2.45, 2.75) is 37.5 Å². The highest BCUT2D eigenvalue weighted by Gasteiger charge is 2.32. The highest BCUT2D eigenvalue weighted by molar-refractivity contribution is 7.89. The third kappa shape index (κ3) is 4.57. The molecule has 3 rings (SSSR count). The molecule has 1 N–H and O–H groups in total. The van der Waals surface area contributed by atoms with Crippen LogP contribution in [0, 0.1) is 5.92 Å². The second kappa shape index (κ2) is 8.23. The van der Waals surface area contributed by atoms with Crippen LogP contribution in [-0.4, -0.2) is 31.7 Å². The van der Waals surface area contributed by atoms with Gasteiger partial charge in [0.1, 0.15) is 0 Å². The van der Waals surface area contributed by atoms with E-state index in [2.05, 4.69) is 19.2 Å². The lowest BCUT2D eigenvalue weighted by Gasteiger charge is -2.30. The lowest BCUT2D eigenvalue weighted by molar-refractivity contribution is -0.120. The predicted octanol–water partition coefficient (Wildman–Crippen LogP) is 3.85. The SMILES string of the molecule is CC(C)c1cccc(NC(=O)C2CCN(S(=O)(=O)c3ccccc3)CC2)c1. The predicted molar refractivity (Wildman–Crippen MR) is 107 cm³/mol. The zero-order valence-electron chi connectivity index (χ0n) is 15.8. The van der Waals surface area contributed by atoms with Crippen molar-refractivity contribution >= 4 is 21.6 Å². The van der Waals surface area contributed by atoms with Gasteiger partial charge in [-0.1, -0.05) is 44.2 Å². The molecule has 0 aliphatic carbocycles. The molecule has 0 unspecified atom stereocenters. The van der Waals surface area contributed by atoms with Crippen molar-refractivity contribution in [3.8, 4) is 0 Å². The Balaban J connectivity index is 1.60. The van der Waals surface area contributed by atoms with Gasteiger partial charge in [0.25, 0.3) is 0 Å². The first kappa shape index (κ1) is 19.6. The van der Waals surface area contributed by atoms with Crippen LogP contribution in [0.5, 0.6) is 0 Å². The first-order chi connectivity index (χ1) is 12.9. The quantitative estimate of drug-likeness (QED) is 0.849. The number of nitrogens with one attached hydrogen (secondary N) is 1. The number of hydrogen-bond acceptors (Lipinski definition) is 3. The second-order valence-electron chi connectivity index (χ2n) is 7.26. The monoisotopic (exact) mass is 386 g/mol. The molecule has 1 aliphatic rings. The van der Waals surface area contributed by atoms with Crippen LogP contribution in [0.2, 0.25) is 0 Å². The van der Waals surface area contributed by atoms with Gasteiger partial charge >= 0.3 is 0 Å². The van der Waals surface area contributed by atoms with Crippen LogP contribution in [0.25, 0.3) is 0 Å². The van der Waals surface area contributed by atoms with Crippen molar-refractivity contribution in [3.63, 3.8) is 0 Å². The van der Waals surface area contributed by atoms with Gasteiger partial charge in [-0.2, -0.15) is 4.31 Å². The van der Waals surface area contributed by atoms with Crippen LogP contribution < -0.4 is 5.32 Å². The summed E-state index contributed by atoms with van der Waals surface area (Å²) in [5.41, 5.74) is 1.97. The molecule has 0 aromatic heterocycles. The van der Waals surface area contributed by atoms with Gasteiger partial charge in [-0.15, -0.1) is 0 Å². The Labute approximate surface area is 161 Å². The lowest BCUT2D eigenvalue weighted by atomic mass is 9.97. The maximum atomic E-state index is 12.7. The molecule has 1 saturated heterocycles. The van der Waals surface area contributed by atoms with Gasteiger partial charge in [0, 0.05) is 24.7 Å². The van der Waals surface area contributed by atoms with E-state index in [1.54, 1.807) is 30.3 Å². The molecule has 144 valence electrons. The summed E-state index contributed by atoms with van der Waals surface area (Å²) in [6.45, 7) is 4.95. The summed E-state index contributed by atoms with van der Waals surface area (Å²) in [7, 11) is -3.48. The molecule has 2 aromatic carbocycles. The van der Waals surface area contributed by atoms with Gasteiger partial charge in [-0.25, -0.2) is 8.42 Å². The molecule has 1 heterocycles. The fourth-order valence-electron chi connectivity index (χ4n) is 3.32. The maximum Gasteiger partial charge on any atom is 0.243 e. The van der Waals surface area contributed by atoms with E-state index in [9.17, 15) is 13.2 Å². The number of piperidine rings is 1. The third-order valence-electron chi connectivity index (χ3n) is 5.03. The minimum atomic E-state index is -3.48. The van der Waals surface area contributed by atoms with Crippen LogP contribution in [0.15, 0.2) is 59.5 Å². The minimum Gasteiger partial charge on any atom is -0.326 e. The molecule has 0 spiro atoms. The van der Waals surface area contributed by atoms with Crippen LogP contribution in [0.4, 0.5) is 5.69 Å². The summed E-state index contributed by atoms with van der Waals surface area (Å²) in [5.74, 6) is 0.191. The van der Waals surface area contributed by atoms with E-state index in [0.29, 0.717) is 36.7 Å². The number of amides is 1. The number of rotatable bonds is 5. The number of nitrogens with zero attached hydrogens (tertiary/aromatic N) is 1. The summed E-state index contributed by atoms with van der Waals surface area (Å²) in [4.78, 5) is 12.9. The zero-order chi connectivity index (χ0) is 19.4. The smallest absolute Gasteiger partial charge is 0.243 e. The average Bonchev–Trinajstić information content (AvgIpc) is 2.69. The Morgan fingerprint density at radius 2 is 1.70 bits per heavy atom. The van der Waals surface area contributed by atoms with Gasteiger partial charge in [0.05, 0.1) is 4.90 Å². The average molecular weight is 387 g/mol. The van der Waals surface area contributed by atoms with E-state index in [-0.39, 0.29) is 11.8 Å². The molecular formula is C21H26N2O3S. The van der Waals surface area contributed by atoms with E-state index in [0.717, 1.165) is 5.69 Å². The summed E-state index contributed by atoms with van der Waals surface area (Å²) in [6.07, 6.45) is 1.06. The molecule has 0 saturated carbocycles. The van der Waals surface area contributed by atoms with E-state index in [4.69, 9.17) is 0 Å². The summed E-state index contributed by atoms with van der Waals surface area (Å²) in [5, 5.41) is 2.99. The standard InChI is InChI=1S/C21H26N2O3S/c1-16(2)18-7-6-8-19(15-18)22-21(24)17-11-13-23(14-12-17)27(25,26)20-9-4-3-5-10-20/h3-10,15-17H,11-14H2,1-2H3,(H,22,24). The van der Waals surface area contributed by atoms with Gasteiger partial charge < -0.3 is 5.32 Å². The van der Waals surface area contributed by atoms with E-state index in [1.165, 1.54) is 9.87 Å². The van der Waals surface area contributed by atoms with E-state index >= 15 is 0 Å². The Morgan fingerprint density at radius 1 is 1.04 bits per heavy atom. The minimum absolute atomic E-state index is 0.0346. The fraction of sp³-hybridized carbons (Fsp3) is 0.381.